The Morgan fingerprint density at radius 1 is 1.11 bits per heavy atom. The second-order valence-corrected chi connectivity index (χ2v) is 8.93. The van der Waals surface area contributed by atoms with Crippen molar-refractivity contribution < 1.29 is 35.9 Å². The van der Waals surface area contributed by atoms with E-state index in [2.05, 4.69) is 15.3 Å². The maximum atomic E-state index is 13.0. The Morgan fingerprint density at radius 2 is 1.81 bits per heavy atom. The Kier molecular flexibility index (Phi) is 8.72. The third-order valence-electron chi connectivity index (χ3n) is 4.64. The van der Waals surface area contributed by atoms with E-state index in [9.17, 15) is 31.1 Å². The number of carbonyl (C=O) groups excluding carboxylic acids is 1. The standard InChI is InChI=1S/C23H18ClF6N3O2S/c1-13-31-12-19(35-17-4-2-3-15(10-17)22(25,26)27)20(32-13)21(34)33-16(11-24)9-14-5-7-18(8-6-14)36-23(28,29)30/h2-8,10,12,16H,9,11H2,1H3,(H,33,34)/t16-/m1/s1. The Labute approximate surface area is 211 Å². The molecule has 13 heteroatoms. The molecule has 1 aromatic heterocycles. The van der Waals surface area contributed by atoms with Crippen molar-refractivity contribution in [3.05, 3.63) is 77.4 Å². The summed E-state index contributed by atoms with van der Waals surface area (Å²) in [7, 11) is 0. The van der Waals surface area contributed by atoms with Crippen LogP contribution in [-0.2, 0) is 12.6 Å². The van der Waals surface area contributed by atoms with Gasteiger partial charge >= 0.3 is 11.7 Å². The lowest BCUT2D eigenvalue weighted by Crippen LogP contribution is -2.38. The summed E-state index contributed by atoms with van der Waals surface area (Å²) in [5.41, 5.74) is -4.92. The number of nitrogens with zero attached hydrogens (tertiary/aromatic N) is 2. The molecule has 0 spiro atoms. The van der Waals surface area contributed by atoms with Crippen LogP contribution in [0.15, 0.2) is 59.6 Å². The average molecular weight is 550 g/mol. The number of benzene rings is 2. The van der Waals surface area contributed by atoms with E-state index < -0.39 is 29.2 Å². The SMILES string of the molecule is Cc1ncc(Oc2cccc(C(F)(F)F)c2)c(C(=O)N[C@@H](CCl)Cc2ccc(SC(F)(F)F)cc2)n1. The van der Waals surface area contributed by atoms with Crippen molar-refractivity contribution in [1.82, 2.24) is 15.3 Å². The summed E-state index contributed by atoms with van der Waals surface area (Å²) in [4.78, 5) is 21.0. The smallest absolute Gasteiger partial charge is 0.446 e. The summed E-state index contributed by atoms with van der Waals surface area (Å²) >= 11 is 5.75. The first-order valence-corrected chi connectivity index (χ1v) is 11.6. The molecule has 1 heterocycles. The number of aromatic nitrogens is 2. The van der Waals surface area contributed by atoms with Crippen molar-refractivity contribution in [1.29, 1.82) is 0 Å². The van der Waals surface area contributed by atoms with Gasteiger partial charge in [-0.25, -0.2) is 9.97 Å². The zero-order chi connectivity index (χ0) is 26.5. The third-order valence-corrected chi connectivity index (χ3v) is 5.75. The number of ether oxygens (including phenoxy) is 1. The quantitative estimate of drug-likeness (QED) is 0.190. The van der Waals surface area contributed by atoms with E-state index in [1.54, 1.807) is 0 Å². The van der Waals surface area contributed by atoms with Crippen LogP contribution in [0.5, 0.6) is 11.5 Å². The van der Waals surface area contributed by atoms with Gasteiger partial charge in [0.15, 0.2) is 11.4 Å². The maximum absolute atomic E-state index is 13.0. The molecule has 3 rings (SSSR count). The summed E-state index contributed by atoms with van der Waals surface area (Å²) in [6, 6.07) is 9.11. The van der Waals surface area contributed by atoms with Crippen LogP contribution in [0.4, 0.5) is 26.3 Å². The Morgan fingerprint density at radius 3 is 2.42 bits per heavy atom. The van der Waals surface area contributed by atoms with Crippen molar-refractivity contribution in [3.8, 4) is 11.5 Å². The van der Waals surface area contributed by atoms with Crippen molar-refractivity contribution in [2.75, 3.05) is 5.88 Å². The van der Waals surface area contributed by atoms with Gasteiger partial charge in [-0.2, -0.15) is 26.3 Å². The average Bonchev–Trinajstić information content (AvgIpc) is 2.79. The van der Waals surface area contributed by atoms with E-state index in [0.29, 0.717) is 5.56 Å². The van der Waals surface area contributed by atoms with Gasteiger partial charge < -0.3 is 10.1 Å². The number of alkyl halides is 7. The molecule has 0 saturated carbocycles. The van der Waals surface area contributed by atoms with E-state index in [1.807, 2.05) is 0 Å². The molecule has 0 aliphatic rings. The highest BCUT2D eigenvalue weighted by atomic mass is 35.5. The zero-order valence-corrected chi connectivity index (χ0v) is 20.0. The molecule has 1 atom stereocenters. The van der Waals surface area contributed by atoms with E-state index in [-0.39, 0.29) is 52.0 Å². The number of halogens is 7. The lowest BCUT2D eigenvalue weighted by atomic mass is 10.1. The highest BCUT2D eigenvalue weighted by Crippen LogP contribution is 2.37. The van der Waals surface area contributed by atoms with Gasteiger partial charge in [-0.05, 0) is 61.0 Å². The summed E-state index contributed by atoms with van der Waals surface area (Å²) < 4.78 is 82.1. The summed E-state index contributed by atoms with van der Waals surface area (Å²) in [6.45, 7) is 1.52. The lowest BCUT2D eigenvalue weighted by Gasteiger charge is -2.18. The van der Waals surface area contributed by atoms with Crippen LogP contribution in [0.25, 0.3) is 0 Å². The fourth-order valence-corrected chi connectivity index (χ4v) is 3.79. The normalized spacial score (nSPS) is 12.8. The minimum absolute atomic E-state index is 0.0190. The number of carbonyl (C=O) groups is 1. The van der Waals surface area contributed by atoms with E-state index >= 15 is 0 Å². The molecule has 3 aromatic rings. The first-order chi connectivity index (χ1) is 16.8. The van der Waals surface area contributed by atoms with Gasteiger partial charge in [-0.15, -0.1) is 11.6 Å². The van der Waals surface area contributed by atoms with Gasteiger partial charge in [0.2, 0.25) is 0 Å². The van der Waals surface area contributed by atoms with Crippen LogP contribution in [0.1, 0.15) is 27.4 Å². The molecule has 0 aliphatic carbocycles. The van der Waals surface area contributed by atoms with Crippen molar-refractivity contribution >= 4 is 29.3 Å². The molecular weight excluding hydrogens is 532 g/mol. The van der Waals surface area contributed by atoms with Crippen LogP contribution < -0.4 is 10.1 Å². The molecule has 2 aromatic carbocycles. The number of aryl methyl sites for hydroxylation is 1. The predicted molar refractivity (Wildman–Crippen MR) is 122 cm³/mol. The monoisotopic (exact) mass is 549 g/mol. The Balaban J connectivity index is 1.75. The molecule has 192 valence electrons. The van der Waals surface area contributed by atoms with E-state index in [1.165, 1.54) is 43.5 Å². The van der Waals surface area contributed by atoms with Crippen molar-refractivity contribution in [3.63, 3.8) is 0 Å². The molecule has 0 fully saturated rings. The summed E-state index contributed by atoms with van der Waals surface area (Å²) in [5.74, 6) is -0.857. The van der Waals surface area contributed by atoms with Crippen molar-refractivity contribution in [2.45, 2.75) is 36.0 Å². The molecule has 0 unspecified atom stereocenters. The first-order valence-electron chi connectivity index (χ1n) is 10.2. The Hall–Kier alpha value is -2.99. The minimum atomic E-state index is -4.58. The fraction of sp³-hybridized carbons (Fsp3) is 0.261. The van der Waals surface area contributed by atoms with Gasteiger partial charge in [0.1, 0.15) is 11.6 Å². The van der Waals surface area contributed by atoms with Crippen LogP contribution in [0.2, 0.25) is 0 Å². The van der Waals surface area contributed by atoms with Gasteiger partial charge in [-0.3, -0.25) is 4.79 Å². The van der Waals surface area contributed by atoms with Gasteiger partial charge in [-0.1, -0.05) is 18.2 Å². The topological polar surface area (TPSA) is 64.1 Å². The molecule has 5 nitrogen and oxygen atoms in total. The molecule has 0 bridgehead atoms. The number of nitrogens with one attached hydrogen (secondary N) is 1. The van der Waals surface area contributed by atoms with E-state index in [4.69, 9.17) is 16.3 Å². The van der Waals surface area contributed by atoms with Gasteiger partial charge in [0.05, 0.1) is 11.8 Å². The van der Waals surface area contributed by atoms with Crippen LogP contribution in [0.3, 0.4) is 0 Å². The third kappa shape index (κ3) is 8.02. The molecule has 0 radical (unpaired) electrons. The molecule has 0 aliphatic heterocycles. The van der Waals surface area contributed by atoms with Gasteiger partial charge in [0, 0.05) is 16.8 Å². The highest BCUT2D eigenvalue weighted by molar-refractivity contribution is 8.00. The Bertz CT molecular complexity index is 1210. The lowest BCUT2D eigenvalue weighted by molar-refractivity contribution is -0.137. The largest absolute Gasteiger partial charge is 0.453 e. The number of rotatable bonds is 8. The van der Waals surface area contributed by atoms with Crippen LogP contribution >= 0.6 is 23.4 Å². The maximum Gasteiger partial charge on any atom is 0.446 e. The summed E-state index contributed by atoms with van der Waals surface area (Å²) in [5, 5.41) is 2.67. The minimum Gasteiger partial charge on any atom is -0.453 e. The number of hydrogen-bond donors (Lipinski definition) is 1. The zero-order valence-electron chi connectivity index (χ0n) is 18.5. The summed E-state index contributed by atoms with van der Waals surface area (Å²) in [6.07, 6.45) is -3.20. The first kappa shape index (κ1) is 27.6. The second kappa shape index (κ2) is 11.4. The van der Waals surface area contributed by atoms with E-state index in [0.717, 1.165) is 18.2 Å². The number of amides is 1. The molecule has 0 saturated heterocycles. The number of thioether (sulfide) groups is 1. The second-order valence-electron chi connectivity index (χ2n) is 7.48. The highest BCUT2D eigenvalue weighted by Gasteiger charge is 2.31. The predicted octanol–water partition coefficient (Wildman–Crippen LogP) is 6.79. The van der Waals surface area contributed by atoms with Crippen LogP contribution in [-0.4, -0.2) is 33.3 Å². The fourth-order valence-electron chi connectivity index (χ4n) is 3.07. The van der Waals surface area contributed by atoms with Gasteiger partial charge in [0.25, 0.3) is 5.91 Å². The number of hydrogen-bond acceptors (Lipinski definition) is 5. The molecular formula is C23H18ClF6N3O2S. The molecule has 1 amide bonds. The van der Waals surface area contributed by atoms with Crippen LogP contribution in [0, 0.1) is 6.92 Å². The molecule has 1 N–H and O–H groups in total. The van der Waals surface area contributed by atoms with Crippen molar-refractivity contribution in [2.24, 2.45) is 0 Å². The molecule has 36 heavy (non-hydrogen) atoms.